The topological polar surface area (TPSA) is 87.6 Å². The van der Waals surface area contributed by atoms with Gasteiger partial charge in [-0.15, -0.1) is 0 Å². The highest BCUT2D eigenvalue weighted by atomic mass is 16.1. The van der Waals surface area contributed by atoms with Crippen molar-refractivity contribution in [3.63, 3.8) is 0 Å². The third-order valence-electron chi connectivity index (χ3n) is 2.12. The van der Waals surface area contributed by atoms with Crippen LogP contribution in [0.2, 0.25) is 0 Å². The molecular weight excluding hydrogens is 180 g/mol. The molecule has 0 aromatic carbocycles. The Labute approximate surface area is 80.0 Å². The van der Waals surface area contributed by atoms with E-state index in [4.69, 9.17) is 5.73 Å². The molecule has 5 heteroatoms. The van der Waals surface area contributed by atoms with E-state index in [0.717, 1.165) is 16.8 Å². The van der Waals surface area contributed by atoms with Crippen LogP contribution in [-0.2, 0) is 0 Å². The molecule has 2 aromatic heterocycles. The van der Waals surface area contributed by atoms with Crippen molar-refractivity contribution in [1.82, 2.24) is 15.2 Å². The SMILES string of the molecule is Cc1c(N)n[nH]c1-c1ccc(=O)[nH]c1. The number of pyridine rings is 1. The summed E-state index contributed by atoms with van der Waals surface area (Å²) in [6.45, 7) is 1.87. The summed E-state index contributed by atoms with van der Waals surface area (Å²) in [5, 5.41) is 6.69. The fourth-order valence-corrected chi connectivity index (χ4v) is 1.26. The van der Waals surface area contributed by atoms with Gasteiger partial charge >= 0.3 is 0 Å². The lowest BCUT2D eigenvalue weighted by Crippen LogP contribution is -2.01. The Morgan fingerprint density at radius 1 is 1.43 bits per heavy atom. The van der Waals surface area contributed by atoms with Crippen molar-refractivity contribution in [2.45, 2.75) is 6.92 Å². The van der Waals surface area contributed by atoms with Crippen LogP contribution in [0.5, 0.6) is 0 Å². The zero-order valence-electron chi connectivity index (χ0n) is 7.66. The van der Waals surface area contributed by atoms with Crippen molar-refractivity contribution < 1.29 is 0 Å². The molecule has 5 nitrogen and oxygen atoms in total. The number of anilines is 1. The fraction of sp³-hybridized carbons (Fsp3) is 0.111. The summed E-state index contributed by atoms with van der Waals surface area (Å²) in [6.07, 6.45) is 1.63. The molecule has 14 heavy (non-hydrogen) atoms. The Hall–Kier alpha value is -2.04. The molecule has 2 rings (SSSR count). The van der Waals surface area contributed by atoms with Gasteiger partial charge in [0.1, 0.15) is 5.82 Å². The standard InChI is InChI=1S/C9H10N4O/c1-5-8(12-13-9(5)10)6-2-3-7(14)11-4-6/h2-4H,1H3,(H,11,14)(H3,10,12,13). The van der Waals surface area contributed by atoms with Crippen LogP contribution in [-0.4, -0.2) is 15.2 Å². The number of nitrogen functional groups attached to an aromatic ring is 1. The van der Waals surface area contributed by atoms with Gasteiger partial charge in [-0.3, -0.25) is 9.89 Å². The van der Waals surface area contributed by atoms with Crippen LogP contribution in [0.3, 0.4) is 0 Å². The minimum absolute atomic E-state index is 0.126. The van der Waals surface area contributed by atoms with Crippen molar-refractivity contribution in [2.24, 2.45) is 0 Å². The highest BCUT2D eigenvalue weighted by Gasteiger charge is 2.07. The summed E-state index contributed by atoms with van der Waals surface area (Å²) < 4.78 is 0. The number of nitrogens with one attached hydrogen (secondary N) is 2. The number of rotatable bonds is 1. The summed E-state index contributed by atoms with van der Waals surface area (Å²) in [5.74, 6) is 0.478. The second-order valence-electron chi connectivity index (χ2n) is 3.05. The average Bonchev–Trinajstić information content (AvgIpc) is 2.50. The molecular formula is C9H10N4O. The van der Waals surface area contributed by atoms with Crippen LogP contribution in [0.4, 0.5) is 5.82 Å². The predicted octanol–water partition coefficient (Wildman–Crippen LogP) is 0.656. The first kappa shape index (κ1) is 8.55. The van der Waals surface area contributed by atoms with Gasteiger partial charge in [0.2, 0.25) is 5.56 Å². The molecule has 2 heterocycles. The molecule has 0 saturated heterocycles. The van der Waals surface area contributed by atoms with E-state index in [1.54, 1.807) is 12.3 Å². The number of aromatic amines is 2. The molecule has 0 fully saturated rings. The van der Waals surface area contributed by atoms with Crippen molar-refractivity contribution in [2.75, 3.05) is 5.73 Å². The van der Waals surface area contributed by atoms with Crippen molar-refractivity contribution in [3.05, 3.63) is 34.2 Å². The van der Waals surface area contributed by atoms with E-state index in [9.17, 15) is 4.79 Å². The van der Waals surface area contributed by atoms with E-state index in [0.29, 0.717) is 5.82 Å². The molecule has 0 unspecified atom stereocenters. The number of hydrogen-bond donors (Lipinski definition) is 3. The van der Waals surface area contributed by atoms with Gasteiger partial charge in [0.15, 0.2) is 0 Å². The lowest BCUT2D eigenvalue weighted by atomic mass is 10.1. The van der Waals surface area contributed by atoms with Crippen molar-refractivity contribution in [1.29, 1.82) is 0 Å². The Kier molecular flexibility index (Phi) is 1.85. The lowest BCUT2D eigenvalue weighted by Gasteiger charge is -1.97. The molecule has 0 spiro atoms. The van der Waals surface area contributed by atoms with E-state index < -0.39 is 0 Å². The average molecular weight is 190 g/mol. The van der Waals surface area contributed by atoms with Crippen LogP contribution in [0.25, 0.3) is 11.3 Å². The summed E-state index contributed by atoms with van der Waals surface area (Å²) in [5.41, 5.74) is 8.05. The highest BCUT2D eigenvalue weighted by Crippen LogP contribution is 2.22. The second-order valence-corrected chi connectivity index (χ2v) is 3.05. The van der Waals surface area contributed by atoms with Gasteiger partial charge in [-0.25, -0.2) is 0 Å². The molecule has 0 bridgehead atoms. The quantitative estimate of drug-likeness (QED) is 0.617. The van der Waals surface area contributed by atoms with Crippen molar-refractivity contribution >= 4 is 5.82 Å². The van der Waals surface area contributed by atoms with Gasteiger partial charge in [0, 0.05) is 23.4 Å². The fourth-order valence-electron chi connectivity index (χ4n) is 1.26. The van der Waals surface area contributed by atoms with E-state index in [1.807, 2.05) is 6.92 Å². The molecule has 0 amide bonds. The second kappa shape index (κ2) is 3.02. The Morgan fingerprint density at radius 2 is 2.21 bits per heavy atom. The first-order valence-electron chi connectivity index (χ1n) is 4.18. The summed E-state index contributed by atoms with van der Waals surface area (Å²) >= 11 is 0. The molecule has 72 valence electrons. The van der Waals surface area contributed by atoms with E-state index in [2.05, 4.69) is 15.2 Å². The van der Waals surface area contributed by atoms with Gasteiger partial charge in [0.05, 0.1) is 5.69 Å². The van der Waals surface area contributed by atoms with Crippen molar-refractivity contribution in [3.8, 4) is 11.3 Å². The minimum atomic E-state index is -0.126. The number of hydrogen-bond acceptors (Lipinski definition) is 3. The number of H-pyrrole nitrogens is 2. The normalized spacial score (nSPS) is 10.4. The molecule has 0 aliphatic carbocycles. The maximum Gasteiger partial charge on any atom is 0.247 e. The first-order chi connectivity index (χ1) is 6.68. The van der Waals surface area contributed by atoms with Crippen LogP contribution in [0.15, 0.2) is 23.1 Å². The van der Waals surface area contributed by atoms with Crippen LogP contribution < -0.4 is 11.3 Å². The molecule has 0 radical (unpaired) electrons. The highest BCUT2D eigenvalue weighted by molar-refractivity contribution is 5.66. The lowest BCUT2D eigenvalue weighted by molar-refractivity contribution is 1.10. The maximum absolute atomic E-state index is 10.8. The Bertz CT molecular complexity index is 491. The van der Waals surface area contributed by atoms with Crippen LogP contribution in [0.1, 0.15) is 5.56 Å². The van der Waals surface area contributed by atoms with Gasteiger partial charge in [0.25, 0.3) is 0 Å². The maximum atomic E-state index is 10.8. The van der Waals surface area contributed by atoms with E-state index in [-0.39, 0.29) is 5.56 Å². The van der Waals surface area contributed by atoms with Gasteiger partial charge in [-0.05, 0) is 13.0 Å². The number of nitrogens with two attached hydrogens (primary N) is 1. The predicted molar refractivity (Wildman–Crippen MR) is 53.8 cm³/mol. The van der Waals surface area contributed by atoms with E-state index in [1.165, 1.54) is 6.07 Å². The van der Waals surface area contributed by atoms with Crippen LogP contribution in [0, 0.1) is 6.92 Å². The van der Waals surface area contributed by atoms with E-state index >= 15 is 0 Å². The molecule has 0 saturated carbocycles. The number of aromatic nitrogens is 3. The van der Waals surface area contributed by atoms with Gasteiger partial charge in [-0.2, -0.15) is 5.10 Å². The smallest absolute Gasteiger partial charge is 0.247 e. The molecule has 2 aromatic rings. The summed E-state index contributed by atoms with van der Waals surface area (Å²) in [6, 6.07) is 3.19. The Balaban J connectivity index is 2.55. The third kappa shape index (κ3) is 1.28. The minimum Gasteiger partial charge on any atom is -0.382 e. The van der Waals surface area contributed by atoms with Gasteiger partial charge < -0.3 is 10.7 Å². The Morgan fingerprint density at radius 3 is 2.71 bits per heavy atom. The largest absolute Gasteiger partial charge is 0.382 e. The molecule has 4 N–H and O–H groups in total. The zero-order valence-corrected chi connectivity index (χ0v) is 7.66. The summed E-state index contributed by atoms with van der Waals surface area (Å²) in [7, 11) is 0. The zero-order chi connectivity index (χ0) is 10.1. The summed E-state index contributed by atoms with van der Waals surface area (Å²) in [4.78, 5) is 13.4. The van der Waals surface area contributed by atoms with Crippen LogP contribution >= 0.6 is 0 Å². The molecule has 0 aliphatic heterocycles. The molecule has 0 atom stereocenters. The first-order valence-corrected chi connectivity index (χ1v) is 4.18. The number of nitrogens with zero attached hydrogens (tertiary/aromatic N) is 1. The molecule has 0 aliphatic rings. The monoisotopic (exact) mass is 190 g/mol. The van der Waals surface area contributed by atoms with Gasteiger partial charge in [-0.1, -0.05) is 0 Å². The third-order valence-corrected chi connectivity index (χ3v) is 2.12.